The van der Waals surface area contributed by atoms with Gasteiger partial charge in [-0.05, 0) is 61.3 Å². The summed E-state index contributed by atoms with van der Waals surface area (Å²) in [6, 6.07) is 13.9. The van der Waals surface area contributed by atoms with Crippen LogP contribution in [0.25, 0.3) is 43.7 Å². The zero-order chi connectivity index (χ0) is 35.0. The molecule has 0 atom stereocenters. The van der Waals surface area contributed by atoms with Gasteiger partial charge >= 0.3 is 0 Å². The highest BCUT2D eigenvalue weighted by Crippen LogP contribution is 2.42. The van der Waals surface area contributed by atoms with Gasteiger partial charge in [0.1, 0.15) is 11.6 Å². The van der Waals surface area contributed by atoms with Crippen LogP contribution in [0.5, 0.6) is 0 Å². The molecule has 6 rings (SSSR count). The van der Waals surface area contributed by atoms with Crippen LogP contribution in [-0.2, 0) is 10.8 Å². The molecule has 0 spiro atoms. The predicted octanol–water partition coefficient (Wildman–Crippen LogP) is 10.3. The minimum atomic E-state index is -0.449. The lowest BCUT2D eigenvalue weighted by Gasteiger charge is -2.13. The molecular weight excluding hydrogens is 668 g/mol. The molecule has 48 heavy (non-hydrogen) atoms. The Bertz CT molecular complexity index is 1950. The van der Waals surface area contributed by atoms with E-state index in [0.29, 0.717) is 39.6 Å². The van der Waals surface area contributed by atoms with Crippen molar-refractivity contribution in [3.63, 3.8) is 0 Å². The fourth-order valence-electron chi connectivity index (χ4n) is 4.60. The number of nitrogens with zero attached hydrogens (tertiary/aromatic N) is 6. The number of anilines is 1. The van der Waals surface area contributed by atoms with E-state index in [0.717, 1.165) is 25.5 Å². The summed E-state index contributed by atoms with van der Waals surface area (Å²) in [6.07, 6.45) is 3.30. The summed E-state index contributed by atoms with van der Waals surface area (Å²) in [7, 11) is 0. The van der Waals surface area contributed by atoms with Gasteiger partial charge in [0, 0.05) is 34.4 Å². The van der Waals surface area contributed by atoms with Gasteiger partial charge in [0.05, 0.1) is 48.2 Å². The van der Waals surface area contributed by atoms with E-state index in [-0.39, 0.29) is 27.6 Å². The van der Waals surface area contributed by atoms with E-state index in [9.17, 15) is 8.78 Å². The molecule has 0 saturated carbocycles. The van der Waals surface area contributed by atoms with E-state index < -0.39 is 5.82 Å². The molecule has 2 N–H and O–H groups in total. The van der Waals surface area contributed by atoms with Crippen molar-refractivity contribution in [1.29, 1.82) is 0 Å². The normalized spacial score (nSPS) is 11.7. The van der Waals surface area contributed by atoms with E-state index in [4.69, 9.17) is 27.3 Å². The first-order chi connectivity index (χ1) is 22.5. The Morgan fingerprint density at radius 1 is 0.646 bits per heavy atom. The zero-order valence-corrected chi connectivity index (χ0v) is 30.4. The first-order valence-corrected chi connectivity index (χ1v) is 17.2. The molecule has 12 heteroatoms. The molecular formula is C36H36ClF2N7S2. The number of benzene rings is 2. The third kappa shape index (κ3) is 7.59. The Labute approximate surface area is 292 Å². The summed E-state index contributed by atoms with van der Waals surface area (Å²) in [5.41, 5.74) is 9.60. The van der Waals surface area contributed by atoms with Crippen LogP contribution in [0.2, 0.25) is 5.28 Å². The lowest BCUT2D eigenvalue weighted by molar-refractivity contribution is 0.585. The van der Waals surface area contributed by atoms with E-state index in [1.54, 1.807) is 55.7 Å². The van der Waals surface area contributed by atoms with Crippen LogP contribution in [0.15, 0.2) is 60.9 Å². The van der Waals surface area contributed by atoms with Crippen molar-refractivity contribution in [2.75, 3.05) is 5.73 Å². The van der Waals surface area contributed by atoms with Crippen LogP contribution in [0.1, 0.15) is 62.9 Å². The van der Waals surface area contributed by atoms with E-state index in [2.05, 4.69) is 61.5 Å². The predicted molar refractivity (Wildman–Crippen MR) is 193 cm³/mol. The van der Waals surface area contributed by atoms with Crippen molar-refractivity contribution in [2.24, 2.45) is 0 Å². The molecule has 248 valence electrons. The largest absolute Gasteiger partial charge is 0.396 e. The molecule has 4 aromatic heterocycles. The smallest absolute Gasteiger partial charge is 0.222 e. The standard InChI is InChI=1S/C18H17ClFN3S.C18H19FN4S/c1-10-6-5-7-11(13(10)20)14-15(12-8-9-21-17(19)22-12)24-16(23-14)18(2,3)4;1-10-21-9-8-13(22-10)16-15(23-17(24-16)18(2,3)4)11-6-5-7-12(20)14(11)19/h5-9H,1-4H3;5-9H,20H2,1-4H3. The maximum Gasteiger partial charge on any atom is 0.222 e. The van der Waals surface area contributed by atoms with Crippen LogP contribution in [0.3, 0.4) is 0 Å². The molecule has 0 aliphatic rings. The van der Waals surface area contributed by atoms with Gasteiger partial charge in [0.2, 0.25) is 5.28 Å². The molecule has 0 saturated heterocycles. The third-order valence-corrected chi connectivity index (χ3v) is 10.3. The van der Waals surface area contributed by atoms with Gasteiger partial charge in [0.15, 0.2) is 5.82 Å². The molecule has 0 amide bonds. The second-order valence-electron chi connectivity index (χ2n) is 13.2. The van der Waals surface area contributed by atoms with Crippen LogP contribution in [-0.4, -0.2) is 29.9 Å². The molecule has 7 nitrogen and oxygen atoms in total. The lowest BCUT2D eigenvalue weighted by Crippen LogP contribution is -2.10. The molecule has 0 radical (unpaired) electrons. The summed E-state index contributed by atoms with van der Waals surface area (Å²) in [5.74, 6) is -0.0443. The number of aromatic nitrogens is 6. The fraction of sp³-hybridized carbons (Fsp3) is 0.278. The van der Waals surface area contributed by atoms with Crippen LogP contribution in [0.4, 0.5) is 14.5 Å². The summed E-state index contributed by atoms with van der Waals surface area (Å²) in [4.78, 5) is 27.9. The first-order valence-electron chi connectivity index (χ1n) is 15.2. The maximum absolute atomic E-state index is 14.7. The Balaban J connectivity index is 0.000000188. The number of thiazole rings is 2. The van der Waals surface area contributed by atoms with E-state index in [1.165, 1.54) is 22.7 Å². The minimum Gasteiger partial charge on any atom is -0.396 e. The molecule has 0 unspecified atom stereocenters. The summed E-state index contributed by atoms with van der Waals surface area (Å²) >= 11 is 8.97. The maximum atomic E-state index is 14.7. The monoisotopic (exact) mass is 703 g/mol. The van der Waals surface area contributed by atoms with Crippen molar-refractivity contribution < 1.29 is 8.78 Å². The Hall–Kier alpha value is -4.19. The van der Waals surface area contributed by atoms with Crippen molar-refractivity contribution in [2.45, 2.75) is 66.2 Å². The summed E-state index contributed by atoms with van der Waals surface area (Å²) < 4.78 is 29.2. The molecule has 6 aromatic rings. The molecule has 0 bridgehead atoms. The van der Waals surface area contributed by atoms with Gasteiger partial charge in [-0.1, -0.05) is 59.7 Å². The highest BCUT2D eigenvalue weighted by Gasteiger charge is 2.27. The van der Waals surface area contributed by atoms with Crippen LogP contribution in [0, 0.1) is 25.5 Å². The number of halogens is 3. The molecule has 0 aliphatic carbocycles. The van der Waals surface area contributed by atoms with E-state index >= 15 is 0 Å². The molecule has 4 heterocycles. The Kier molecular flexibility index (Phi) is 10.1. The van der Waals surface area contributed by atoms with Gasteiger partial charge in [-0.15, -0.1) is 22.7 Å². The second kappa shape index (κ2) is 13.7. The number of hydrogen-bond donors (Lipinski definition) is 1. The number of nitrogens with two attached hydrogens (primary N) is 1. The SMILES string of the molecule is Cc1cccc(-c2nc(C(C)(C)C)sc2-c2ccnc(Cl)n2)c1F.Cc1nccc(-c2sc(C(C)(C)C)nc2-c2cccc(N)c2F)n1. The van der Waals surface area contributed by atoms with Crippen molar-refractivity contribution in [3.05, 3.63) is 99.2 Å². The first kappa shape index (κ1) is 35.1. The number of hydrogen-bond acceptors (Lipinski definition) is 9. The number of aryl methyl sites for hydroxylation is 2. The minimum absolute atomic E-state index is 0.114. The zero-order valence-electron chi connectivity index (χ0n) is 28.0. The van der Waals surface area contributed by atoms with Gasteiger partial charge < -0.3 is 5.73 Å². The Morgan fingerprint density at radius 2 is 1.15 bits per heavy atom. The second-order valence-corrected chi connectivity index (χ2v) is 15.6. The number of nitrogen functional groups attached to an aromatic ring is 1. The van der Waals surface area contributed by atoms with Crippen LogP contribution >= 0.6 is 34.3 Å². The topological polar surface area (TPSA) is 103 Å². The fourth-order valence-corrected chi connectivity index (χ4v) is 6.96. The van der Waals surface area contributed by atoms with Crippen molar-refractivity contribution in [3.8, 4) is 43.7 Å². The average Bonchev–Trinajstić information content (AvgIpc) is 3.67. The lowest BCUT2D eigenvalue weighted by atomic mass is 9.98. The summed E-state index contributed by atoms with van der Waals surface area (Å²) in [6.45, 7) is 16.1. The molecule has 2 aromatic carbocycles. The van der Waals surface area contributed by atoms with Crippen LogP contribution < -0.4 is 5.73 Å². The number of rotatable bonds is 4. The van der Waals surface area contributed by atoms with Gasteiger partial charge in [-0.25, -0.2) is 38.7 Å². The van der Waals surface area contributed by atoms with Crippen molar-refractivity contribution in [1.82, 2.24) is 29.9 Å². The highest BCUT2D eigenvalue weighted by molar-refractivity contribution is 7.16. The molecule has 0 fully saturated rings. The summed E-state index contributed by atoms with van der Waals surface area (Å²) in [5, 5.41) is 2.00. The van der Waals surface area contributed by atoms with Gasteiger partial charge in [-0.3, -0.25) is 0 Å². The highest BCUT2D eigenvalue weighted by atomic mass is 35.5. The average molecular weight is 704 g/mol. The Morgan fingerprint density at radius 3 is 1.67 bits per heavy atom. The molecule has 0 aliphatic heterocycles. The van der Waals surface area contributed by atoms with Gasteiger partial charge in [-0.2, -0.15) is 0 Å². The van der Waals surface area contributed by atoms with Gasteiger partial charge in [0.25, 0.3) is 0 Å². The third-order valence-electron chi connectivity index (χ3n) is 7.14. The van der Waals surface area contributed by atoms with E-state index in [1.807, 2.05) is 19.1 Å². The van der Waals surface area contributed by atoms with Crippen molar-refractivity contribution >= 4 is 40.0 Å². The quantitative estimate of drug-likeness (QED) is 0.144.